The van der Waals surface area contributed by atoms with Crippen LogP contribution < -0.4 is 10.1 Å². The van der Waals surface area contributed by atoms with E-state index in [-0.39, 0.29) is 12.5 Å². The molecule has 0 aliphatic carbocycles. The monoisotopic (exact) mass is 386 g/mol. The van der Waals surface area contributed by atoms with Crippen LogP contribution in [0.2, 0.25) is 0 Å². The molecule has 0 aliphatic heterocycles. The number of ether oxygens (including phenoxy) is 1. The summed E-state index contributed by atoms with van der Waals surface area (Å²) in [5.74, 6) is 0.598. The third-order valence-electron chi connectivity index (χ3n) is 5.50. The van der Waals surface area contributed by atoms with Crippen LogP contribution in [-0.4, -0.2) is 17.1 Å². The number of hydrogen-bond donors (Lipinski definition) is 1. The summed E-state index contributed by atoms with van der Waals surface area (Å²) in [6, 6.07) is 18.5. The van der Waals surface area contributed by atoms with E-state index >= 15 is 0 Å². The Labute approximate surface area is 171 Å². The van der Waals surface area contributed by atoms with E-state index in [0.717, 1.165) is 40.1 Å². The molecule has 0 radical (unpaired) electrons. The van der Waals surface area contributed by atoms with Gasteiger partial charge in [0, 0.05) is 34.0 Å². The first-order valence-corrected chi connectivity index (χ1v) is 9.99. The molecule has 0 saturated heterocycles. The predicted molar refractivity (Wildman–Crippen MR) is 120 cm³/mol. The summed E-state index contributed by atoms with van der Waals surface area (Å²) in [5.41, 5.74) is 6.52. The molecule has 4 heteroatoms. The normalized spacial score (nSPS) is 11.2. The molecule has 0 unspecified atom stereocenters. The van der Waals surface area contributed by atoms with Gasteiger partial charge < -0.3 is 14.6 Å². The smallest absolute Gasteiger partial charge is 0.262 e. The van der Waals surface area contributed by atoms with Crippen LogP contribution in [0, 0.1) is 20.8 Å². The molecule has 0 atom stereocenters. The van der Waals surface area contributed by atoms with E-state index in [2.05, 4.69) is 54.1 Å². The highest BCUT2D eigenvalue weighted by Crippen LogP contribution is 2.31. The van der Waals surface area contributed by atoms with E-state index in [9.17, 15) is 4.79 Å². The van der Waals surface area contributed by atoms with Gasteiger partial charge in [-0.2, -0.15) is 0 Å². The molecule has 0 bridgehead atoms. The minimum absolute atomic E-state index is 0.0154. The lowest BCUT2D eigenvalue weighted by Crippen LogP contribution is -2.20. The van der Waals surface area contributed by atoms with Crippen LogP contribution in [0.25, 0.3) is 21.8 Å². The first-order chi connectivity index (χ1) is 14.0. The maximum absolute atomic E-state index is 12.5. The molecule has 4 aromatic rings. The van der Waals surface area contributed by atoms with E-state index in [4.69, 9.17) is 4.74 Å². The summed E-state index contributed by atoms with van der Waals surface area (Å²) in [5, 5.41) is 5.31. The van der Waals surface area contributed by atoms with Gasteiger partial charge in [-0.05, 0) is 74.7 Å². The fourth-order valence-corrected chi connectivity index (χ4v) is 3.96. The number of nitrogens with one attached hydrogen (secondary N) is 1. The van der Waals surface area contributed by atoms with Crippen LogP contribution in [0.4, 0.5) is 5.69 Å². The lowest BCUT2D eigenvalue weighted by molar-refractivity contribution is -0.118. The molecule has 0 saturated carbocycles. The Hall–Kier alpha value is -3.27. The molecule has 4 nitrogen and oxygen atoms in total. The highest BCUT2D eigenvalue weighted by molar-refractivity contribution is 6.09. The molecular weight excluding hydrogens is 360 g/mol. The first kappa shape index (κ1) is 19.1. The number of carbonyl (C=O) groups excluding carboxylic acids is 1. The molecule has 1 amide bonds. The molecule has 0 spiro atoms. The van der Waals surface area contributed by atoms with Crippen molar-refractivity contribution in [3.05, 3.63) is 71.3 Å². The van der Waals surface area contributed by atoms with Gasteiger partial charge in [-0.1, -0.05) is 24.3 Å². The average molecular weight is 386 g/mol. The SMILES string of the molecule is CCn1c2ccccc2c2cc(NC(=O)COc3cc(C)cc(C)c3C)ccc21. The fourth-order valence-electron chi connectivity index (χ4n) is 3.96. The largest absolute Gasteiger partial charge is 0.483 e. The van der Waals surface area contributed by atoms with Crippen molar-refractivity contribution in [1.82, 2.24) is 4.57 Å². The van der Waals surface area contributed by atoms with Gasteiger partial charge in [-0.15, -0.1) is 0 Å². The van der Waals surface area contributed by atoms with Crippen LogP contribution in [0.15, 0.2) is 54.6 Å². The van der Waals surface area contributed by atoms with Crippen molar-refractivity contribution in [3.8, 4) is 5.75 Å². The number of amides is 1. The van der Waals surface area contributed by atoms with Gasteiger partial charge in [-0.25, -0.2) is 0 Å². The number of aryl methyl sites for hydroxylation is 3. The quantitative estimate of drug-likeness (QED) is 0.474. The highest BCUT2D eigenvalue weighted by atomic mass is 16.5. The van der Waals surface area contributed by atoms with Gasteiger partial charge in [0.1, 0.15) is 5.75 Å². The molecule has 1 N–H and O–H groups in total. The molecule has 148 valence electrons. The molecule has 29 heavy (non-hydrogen) atoms. The summed E-state index contributed by atoms with van der Waals surface area (Å²) in [6.07, 6.45) is 0. The molecular formula is C25H26N2O2. The van der Waals surface area contributed by atoms with E-state index in [0.29, 0.717) is 0 Å². The van der Waals surface area contributed by atoms with E-state index in [1.54, 1.807) is 0 Å². The van der Waals surface area contributed by atoms with Crippen LogP contribution in [-0.2, 0) is 11.3 Å². The van der Waals surface area contributed by atoms with Crippen molar-refractivity contribution in [3.63, 3.8) is 0 Å². The zero-order valence-corrected chi connectivity index (χ0v) is 17.4. The second kappa shape index (κ2) is 7.63. The van der Waals surface area contributed by atoms with Crippen molar-refractivity contribution in [2.24, 2.45) is 0 Å². The second-order valence-corrected chi connectivity index (χ2v) is 7.54. The lowest BCUT2D eigenvalue weighted by Gasteiger charge is -2.12. The van der Waals surface area contributed by atoms with Crippen molar-refractivity contribution in [2.45, 2.75) is 34.2 Å². The van der Waals surface area contributed by atoms with Gasteiger partial charge in [0.15, 0.2) is 6.61 Å². The third kappa shape index (κ3) is 3.58. The summed E-state index contributed by atoms with van der Waals surface area (Å²) in [7, 11) is 0. The number of nitrogens with zero attached hydrogens (tertiary/aromatic N) is 1. The van der Waals surface area contributed by atoms with Crippen LogP contribution in [0.5, 0.6) is 5.75 Å². The Balaban J connectivity index is 1.55. The number of fused-ring (bicyclic) bond motifs is 3. The Kier molecular flexibility index (Phi) is 5.01. The maximum Gasteiger partial charge on any atom is 0.262 e. The summed E-state index contributed by atoms with van der Waals surface area (Å²) < 4.78 is 8.09. The standard InChI is InChI=1S/C25H26N2O2/c1-5-27-22-9-7-6-8-20(22)21-14-19(10-11-23(21)27)26-25(28)15-29-24-13-16(2)12-17(3)18(24)4/h6-14H,5,15H2,1-4H3,(H,26,28). The Morgan fingerprint density at radius 1 is 0.966 bits per heavy atom. The molecule has 1 heterocycles. The summed E-state index contributed by atoms with van der Waals surface area (Å²) in [4.78, 5) is 12.5. The topological polar surface area (TPSA) is 43.3 Å². The van der Waals surface area contributed by atoms with Gasteiger partial charge in [0.05, 0.1) is 0 Å². The average Bonchev–Trinajstić information content (AvgIpc) is 3.02. The number of anilines is 1. The Morgan fingerprint density at radius 2 is 1.72 bits per heavy atom. The Morgan fingerprint density at radius 3 is 2.52 bits per heavy atom. The minimum atomic E-state index is -0.165. The number of hydrogen-bond acceptors (Lipinski definition) is 2. The van der Waals surface area contributed by atoms with Crippen LogP contribution in [0.1, 0.15) is 23.6 Å². The van der Waals surface area contributed by atoms with Crippen molar-refractivity contribution >= 4 is 33.4 Å². The Bertz CT molecular complexity index is 1220. The van der Waals surface area contributed by atoms with Crippen LogP contribution >= 0.6 is 0 Å². The maximum atomic E-state index is 12.5. The van der Waals surface area contributed by atoms with E-state index in [1.807, 2.05) is 38.1 Å². The number of benzene rings is 3. The predicted octanol–water partition coefficient (Wildman–Crippen LogP) is 5.76. The molecule has 3 aromatic carbocycles. The van der Waals surface area contributed by atoms with Crippen molar-refractivity contribution in [2.75, 3.05) is 11.9 Å². The van der Waals surface area contributed by atoms with E-state index < -0.39 is 0 Å². The van der Waals surface area contributed by atoms with Gasteiger partial charge in [0.25, 0.3) is 5.91 Å². The molecule has 0 aliphatic rings. The third-order valence-corrected chi connectivity index (χ3v) is 5.50. The number of para-hydroxylation sites is 1. The van der Waals surface area contributed by atoms with Gasteiger partial charge in [0.2, 0.25) is 0 Å². The van der Waals surface area contributed by atoms with Crippen molar-refractivity contribution < 1.29 is 9.53 Å². The lowest BCUT2D eigenvalue weighted by atomic mass is 10.1. The molecule has 4 rings (SSSR count). The number of rotatable bonds is 5. The minimum Gasteiger partial charge on any atom is -0.483 e. The summed E-state index contributed by atoms with van der Waals surface area (Å²) >= 11 is 0. The molecule has 0 fully saturated rings. The summed E-state index contributed by atoms with van der Waals surface area (Å²) in [6.45, 7) is 9.13. The highest BCUT2D eigenvalue weighted by Gasteiger charge is 2.12. The zero-order chi connectivity index (χ0) is 20.5. The van der Waals surface area contributed by atoms with Crippen LogP contribution in [0.3, 0.4) is 0 Å². The van der Waals surface area contributed by atoms with Gasteiger partial charge in [-0.3, -0.25) is 4.79 Å². The zero-order valence-electron chi connectivity index (χ0n) is 17.4. The first-order valence-electron chi connectivity index (χ1n) is 9.99. The molecule has 1 aromatic heterocycles. The number of aromatic nitrogens is 1. The van der Waals surface area contributed by atoms with Gasteiger partial charge >= 0.3 is 0 Å². The van der Waals surface area contributed by atoms with E-state index in [1.165, 1.54) is 16.4 Å². The fraction of sp³-hybridized carbons (Fsp3) is 0.240. The van der Waals surface area contributed by atoms with Crippen molar-refractivity contribution in [1.29, 1.82) is 0 Å². The second-order valence-electron chi connectivity index (χ2n) is 7.54. The number of carbonyl (C=O) groups is 1.